The third kappa shape index (κ3) is 222. The minimum atomic E-state index is -3.00. The van der Waals surface area contributed by atoms with E-state index in [2.05, 4.69) is 12.6 Å². The Morgan fingerprint density at radius 3 is 1.33 bits per heavy atom. The Hall–Kier alpha value is 1.57. The van der Waals surface area contributed by atoms with Gasteiger partial charge in [-0.3, -0.25) is 0 Å². The summed E-state index contributed by atoms with van der Waals surface area (Å²) in [6.07, 6.45) is 0. The van der Waals surface area contributed by atoms with Crippen LogP contribution < -0.4 is 6.15 Å². The average Bonchev–Trinajstić information content (AvgIpc) is 1.27. The Bertz CT molecular complexity index is 84.2. The number of hydrogen-bond acceptors (Lipinski definition) is 2. The van der Waals surface area contributed by atoms with Gasteiger partial charge in [-0.25, -0.2) is 5.26 Å². The number of rotatable bonds is 0. The second-order valence-corrected chi connectivity index (χ2v) is 19.3. The molecule has 0 aromatic rings. The van der Waals surface area contributed by atoms with Crippen LogP contribution in [0.3, 0.4) is 0 Å². The number of halogens is 4. The maximum atomic E-state index is 7.13. The van der Waals surface area contributed by atoms with Crippen molar-refractivity contribution in [1.29, 1.82) is 5.26 Å². The van der Waals surface area contributed by atoms with Gasteiger partial charge < -0.3 is 18.8 Å². The molecule has 0 aliphatic carbocycles. The first-order chi connectivity index (χ1) is 3.41. The van der Waals surface area contributed by atoms with Gasteiger partial charge in [-0.2, -0.15) is 0 Å². The van der Waals surface area contributed by atoms with Crippen LogP contribution >= 0.6 is 36.8 Å². The van der Waals surface area contributed by atoms with Crippen LogP contribution in [0, 0.1) is 10.7 Å². The SMILES string of the molecule is N#C[S-].[Cl][Au-]([Cl])([Cl])[Cl].[H+].[NH4+]. The number of quaternary nitrogens is 1. The van der Waals surface area contributed by atoms with E-state index in [0.717, 1.165) is 0 Å². The largest absolute Gasteiger partial charge is 1.00 e. The third-order valence-corrected chi connectivity index (χ3v) is 0. The second kappa shape index (κ2) is 9.57. The van der Waals surface area contributed by atoms with E-state index in [1.807, 2.05) is 0 Å². The van der Waals surface area contributed by atoms with E-state index in [9.17, 15) is 0 Å². The fraction of sp³-hybridized carbons (Fsp3) is 0. The Kier molecular flexibility index (Phi) is 18.0. The van der Waals surface area contributed by atoms with Gasteiger partial charge in [0.2, 0.25) is 0 Å². The van der Waals surface area contributed by atoms with Crippen molar-refractivity contribution < 1.29 is 14.2 Å². The summed E-state index contributed by atoms with van der Waals surface area (Å²) in [5, 5.41) is 8.47. The van der Waals surface area contributed by atoms with E-state index in [0.29, 0.717) is 0 Å². The number of nitrogens with zero attached hydrogens (tertiary/aromatic N) is 1. The van der Waals surface area contributed by atoms with Crippen LogP contribution in [0.15, 0.2) is 0 Å². The van der Waals surface area contributed by atoms with Gasteiger partial charge in [-0.15, -0.1) is 0 Å². The zero-order valence-corrected chi connectivity index (χ0v) is 10.2. The number of nitriles is 1. The second-order valence-electron chi connectivity index (χ2n) is 0.350. The quantitative estimate of drug-likeness (QED) is 0.375. The molecule has 0 amide bonds. The number of thiocyanates is 1. The molecule has 0 rings (SSSR count). The van der Waals surface area contributed by atoms with Crippen LogP contribution in [-0.2, 0) is 25.4 Å². The minimum absolute atomic E-state index is 0. The smallest absolute Gasteiger partial charge is 0.369 e. The summed E-state index contributed by atoms with van der Waals surface area (Å²) in [5.74, 6) is 0. The standard InChI is InChI=1S/CHNS.Au.4ClH.H3N/c2-1-3;;;;;;/h3H;;4*1H;1H3/q;+3;;;;;/p-3. The summed E-state index contributed by atoms with van der Waals surface area (Å²) in [7, 11) is 20.0. The van der Waals surface area contributed by atoms with Gasteiger partial charge >= 0.3 is 51.0 Å². The maximum Gasteiger partial charge on any atom is 1.00 e. The van der Waals surface area contributed by atoms with Gasteiger partial charge in [-0.05, 0) is 0 Å². The van der Waals surface area contributed by atoms with Gasteiger partial charge in [0.1, 0.15) is 0 Å². The zero-order valence-electron chi connectivity index (χ0n) is 5.17. The minimum Gasteiger partial charge on any atom is -0.369 e. The Labute approximate surface area is 79.7 Å². The van der Waals surface area contributed by atoms with E-state index >= 15 is 0 Å². The summed E-state index contributed by atoms with van der Waals surface area (Å²) in [6, 6.07) is 0. The van der Waals surface area contributed by atoms with Crippen molar-refractivity contribution in [2.75, 3.05) is 0 Å². The molecule has 0 saturated heterocycles. The molecule has 64 valence electrons. The van der Waals surface area contributed by atoms with Gasteiger partial charge in [0.25, 0.3) is 0 Å². The van der Waals surface area contributed by atoms with Gasteiger partial charge in [0.15, 0.2) is 0 Å². The normalized spacial score (nSPS) is 9.22. The number of hydrogen-bond donors (Lipinski definition) is 1. The molecule has 0 fully saturated rings. The molecule has 0 aliphatic heterocycles. The molecule has 0 bridgehead atoms. The van der Waals surface area contributed by atoms with Crippen LogP contribution in [0.1, 0.15) is 1.43 Å². The summed E-state index contributed by atoms with van der Waals surface area (Å²) in [4.78, 5) is 0. The van der Waals surface area contributed by atoms with E-state index in [-0.39, 0.29) is 7.58 Å². The molecular formula is CH5AuCl4N2S. The van der Waals surface area contributed by atoms with Crippen molar-refractivity contribution in [2.24, 2.45) is 0 Å². The average molecular weight is 416 g/mol. The van der Waals surface area contributed by atoms with Crippen LogP contribution in [0.4, 0.5) is 0 Å². The van der Waals surface area contributed by atoms with Crippen molar-refractivity contribution in [3.05, 3.63) is 0 Å². The molecule has 0 heterocycles. The van der Waals surface area contributed by atoms with Crippen molar-refractivity contribution in [1.82, 2.24) is 6.15 Å². The van der Waals surface area contributed by atoms with Crippen molar-refractivity contribution in [3.8, 4) is 5.40 Å². The molecular weight excluding hydrogens is 411 g/mol. The molecule has 2 nitrogen and oxygen atoms in total. The molecule has 0 atom stereocenters. The van der Waals surface area contributed by atoms with E-state index in [1.54, 1.807) is 0 Å². The molecule has 0 radical (unpaired) electrons. The van der Waals surface area contributed by atoms with Gasteiger partial charge in [0.05, 0.1) is 0 Å². The Morgan fingerprint density at radius 2 is 1.33 bits per heavy atom. The van der Waals surface area contributed by atoms with Crippen LogP contribution in [-0.4, -0.2) is 0 Å². The molecule has 0 aromatic carbocycles. The van der Waals surface area contributed by atoms with Crippen molar-refractivity contribution in [3.63, 3.8) is 0 Å². The predicted octanol–water partition coefficient (Wildman–Crippen LogP) is 3.26. The summed E-state index contributed by atoms with van der Waals surface area (Å²) < 4.78 is 0. The third-order valence-electron chi connectivity index (χ3n) is 0. The van der Waals surface area contributed by atoms with Crippen LogP contribution in [0.2, 0.25) is 0 Å². The first-order valence-corrected chi connectivity index (χ1v) is 12.0. The van der Waals surface area contributed by atoms with Crippen LogP contribution in [0.25, 0.3) is 0 Å². The molecule has 0 saturated carbocycles. The molecule has 4 N–H and O–H groups in total. The predicted molar refractivity (Wildman–Crippen MR) is 43.5 cm³/mol. The van der Waals surface area contributed by atoms with E-state index in [4.69, 9.17) is 42.0 Å². The van der Waals surface area contributed by atoms with Crippen molar-refractivity contribution in [2.45, 2.75) is 0 Å². The first-order valence-electron chi connectivity index (χ1n) is 0.884. The molecule has 9 heavy (non-hydrogen) atoms. The first kappa shape index (κ1) is 16.9. The summed E-state index contributed by atoms with van der Waals surface area (Å²) in [5.41, 5.74) is 0. The molecule has 8 heteroatoms. The molecule has 0 unspecified atom stereocenters. The fourth-order valence-electron chi connectivity index (χ4n) is 0. The molecule has 0 aliphatic rings. The fourth-order valence-corrected chi connectivity index (χ4v) is 0. The maximum absolute atomic E-state index is 7.13. The molecule has 0 aromatic heterocycles. The van der Waals surface area contributed by atoms with E-state index < -0.39 is 12.8 Å². The molecule has 0 spiro atoms. The Balaban J connectivity index is -0.0000000326. The van der Waals surface area contributed by atoms with Gasteiger partial charge in [0, 0.05) is 0 Å². The van der Waals surface area contributed by atoms with Gasteiger partial charge in [-0.1, -0.05) is 5.40 Å². The monoisotopic (exact) mass is 414 g/mol. The summed E-state index contributed by atoms with van der Waals surface area (Å²) >= 11 is 0.699. The Morgan fingerprint density at radius 1 is 1.33 bits per heavy atom. The topological polar surface area (TPSA) is 60.3 Å². The summed E-state index contributed by atoms with van der Waals surface area (Å²) in [6.45, 7) is 0. The van der Waals surface area contributed by atoms with E-state index in [1.165, 1.54) is 5.40 Å². The zero-order chi connectivity index (χ0) is 7.21. The van der Waals surface area contributed by atoms with Crippen molar-refractivity contribution >= 4 is 49.4 Å². The van der Waals surface area contributed by atoms with Crippen LogP contribution in [0.5, 0.6) is 0 Å².